The average molecular weight is 359 g/mol. The predicted octanol–water partition coefficient (Wildman–Crippen LogP) is 7.00. The van der Waals surface area contributed by atoms with Gasteiger partial charge in [0.1, 0.15) is 0 Å². The topological polar surface area (TPSA) is 18.5 Å². The van der Waals surface area contributed by atoms with E-state index >= 15 is 0 Å². The van der Waals surface area contributed by atoms with E-state index in [1.807, 2.05) is 0 Å². The van der Waals surface area contributed by atoms with E-state index in [0.717, 1.165) is 25.0 Å². The summed E-state index contributed by atoms with van der Waals surface area (Å²) in [6, 6.07) is 9.10. The molecule has 3 rings (SSSR count). The molecule has 0 atom stereocenters. The fraction of sp³-hybridized carbons (Fsp3) is 0.750. The maximum absolute atomic E-state index is 5.95. The lowest BCUT2D eigenvalue weighted by Crippen LogP contribution is -2.27. The molecular formula is C24H38O2. The first-order valence-corrected chi connectivity index (χ1v) is 11.1. The quantitative estimate of drug-likeness (QED) is 0.466. The lowest BCUT2D eigenvalue weighted by Gasteiger charge is -2.30. The number of hydrogen-bond donors (Lipinski definition) is 0. The minimum absolute atomic E-state index is 0.161. The van der Waals surface area contributed by atoms with Crippen LogP contribution in [0.15, 0.2) is 24.3 Å². The Kier molecular flexibility index (Phi) is 8.01. The summed E-state index contributed by atoms with van der Waals surface area (Å²) in [7, 11) is 0. The Morgan fingerprint density at radius 1 is 0.731 bits per heavy atom. The van der Waals surface area contributed by atoms with Crippen molar-refractivity contribution in [2.75, 3.05) is 13.2 Å². The molecule has 1 saturated carbocycles. The Hall–Kier alpha value is -0.860. The molecule has 1 heterocycles. The SMILES string of the molecule is CCCCCC1CCC(c2ccc([C@H]3OC[C@H](CCC)CO3)cc2)CC1. The van der Waals surface area contributed by atoms with E-state index in [1.54, 1.807) is 0 Å². The van der Waals surface area contributed by atoms with Gasteiger partial charge in [0.25, 0.3) is 0 Å². The lowest BCUT2D eigenvalue weighted by molar-refractivity contribution is -0.206. The lowest BCUT2D eigenvalue weighted by atomic mass is 9.77. The molecule has 0 N–H and O–H groups in total. The van der Waals surface area contributed by atoms with Crippen LogP contribution < -0.4 is 0 Å². The molecule has 1 aliphatic heterocycles. The highest BCUT2D eigenvalue weighted by molar-refractivity contribution is 5.26. The van der Waals surface area contributed by atoms with Crippen LogP contribution >= 0.6 is 0 Å². The van der Waals surface area contributed by atoms with E-state index in [1.165, 1.54) is 75.3 Å². The van der Waals surface area contributed by atoms with Crippen molar-refractivity contribution in [3.8, 4) is 0 Å². The molecule has 0 bridgehead atoms. The molecule has 26 heavy (non-hydrogen) atoms. The summed E-state index contributed by atoms with van der Waals surface area (Å²) >= 11 is 0. The zero-order chi connectivity index (χ0) is 18.2. The van der Waals surface area contributed by atoms with Crippen LogP contribution in [-0.4, -0.2) is 13.2 Å². The second-order valence-corrected chi connectivity index (χ2v) is 8.53. The summed E-state index contributed by atoms with van der Waals surface area (Å²) in [5.41, 5.74) is 2.69. The van der Waals surface area contributed by atoms with Gasteiger partial charge < -0.3 is 9.47 Å². The fourth-order valence-corrected chi connectivity index (χ4v) is 4.70. The van der Waals surface area contributed by atoms with E-state index < -0.39 is 0 Å². The summed E-state index contributed by atoms with van der Waals surface area (Å²) in [6.45, 7) is 6.20. The second kappa shape index (κ2) is 10.5. The number of unbranched alkanes of at least 4 members (excludes halogenated alkanes) is 2. The van der Waals surface area contributed by atoms with Crippen molar-refractivity contribution in [2.24, 2.45) is 11.8 Å². The van der Waals surface area contributed by atoms with Crippen molar-refractivity contribution >= 4 is 0 Å². The Labute approximate surface area is 160 Å². The van der Waals surface area contributed by atoms with E-state index in [2.05, 4.69) is 38.1 Å². The largest absolute Gasteiger partial charge is 0.348 e. The Morgan fingerprint density at radius 2 is 1.38 bits per heavy atom. The fourth-order valence-electron chi connectivity index (χ4n) is 4.70. The third-order valence-electron chi connectivity index (χ3n) is 6.41. The van der Waals surface area contributed by atoms with Crippen LogP contribution in [-0.2, 0) is 9.47 Å². The minimum Gasteiger partial charge on any atom is -0.348 e. The van der Waals surface area contributed by atoms with Crippen molar-refractivity contribution in [3.05, 3.63) is 35.4 Å². The van der Waals surface area contributed by atoms with Crippen molar-refractivity contribution in [1.29, 1.82) is 0 Å². The van der Waals surface area contributed by atoms with Crippen molar-refractivity contribution in [2.45, 2.75) is 90.3 Å². The number of benzene rings is 1. The normalized spacial score (nSPS) is 29.6. The van der Waals surface area contributed by atoms with E-state index in [-0.39, 0.29) is 6.29 Å². The Balaban J connectivity index is 1.45. The highest BCUT2D eigenvalue weighted by Crippen LogP contribution is 2.38. The summed E-state index contributed by atoms with van der Waals surface area (Å²) in [5.74, 6) is 2.31. The molecule has 0 amide bonds. The van der Waals surface area contributed by atoms with Crippen LogP contribution in [0.25, 0.3) is 0 Å². The summed E-state index contributed by atoms with van der Waals surface area (Å²) < 4.78 is 11.9. The highest BCUT2D eigenvalue weighted by Gasteiger charge is 2.25. The maximum Gasteiger partial charge on any atom is 0.183 e. The first-order valence-electron chi connectivity index (χ1n) is 11.1. The molecule has 146 valence electrons. The molecule has 0 unspecified atom stereocenters. The molecule has 0 spiro atoms. The van der Waals surface area contributed by atoms with Crippen molar-refractivity contribution in [3.63, 3.8) is 0 Å². The monoisotopic (exact) mass is 358 g/mol. The minimum atomic E-state index is -0.161. The Morgan fingerprint density at radius 3 is 2.00 bits per heavy atom. The van der Waals surface area contributed by atoms with E-state index in [4.69, 9.17) is 9.47 Å². The van der Waals surface area contributed by atoms with Gasteiger partial charge in [-0.05, 0) is 49.5 Å². The molecule has 0 aromatic heterocycles. The van der Waals surface area contributed by atoms with Gasteiger partial charge in [0.15, 0.2) is 6.29 Å². The third kappa shape index (κ3) is 5.57. The molecule has 2 aliphatic rings. The molecule has 2 heteroatoms. The molecule has 1 aliphatic carbocycles. The zero-order valence-electron chi connectivity index (χ0n) is 16.9. The van der Waals surface area contributed by atoms with Crippen LogP contribution in [0, 0.1) is 11.8 Å². The van der Waals surface area contributed by atoms with E-state index in [9.17, 15) is 0 Å². The molecule has 0 radical (unpaired) electrons. The van der Waals surface area contributed by atoms with Gasteiger partial charge in [-0.3, -0.25) is 0 Å². The maximum atomic E-state index is 5.95. The van der Waals surface area contributed by atoms with Gasteiger partial charge in [-0.2, -0.15) is 0 Å². The molecule has 1 aromatic rings. The summed E-state index contributed by atoms with van der Waals surface area (Å²) in [4.78, 5) is 0. The number of hydrogen-bond acceptors (Lipinski definition) is 2. The van der Waals surface area contributed by atoms with Crippen LogP contribution in [0.2, 0.25) is 0 Å². The summed E-state index contributed by atoms with van der Waals surface area (Å²) in [5, 5.41) is 0. The molecule has 1 saturated heterocycles. The molecule has 2 nitrogen and oxygen atoms in total. The Bertz CT molecular complexity index is 493. The third-order valence-corrected chi connectivity index (χ3v) is 6.41. The van der Waals surface area contributed by atoms with Crippen molar-refractivity contribution < 1.29 is 9.47 Å². The van der Waals surface area contributed by atoms with Gasteiger partial charge in [0.2, 0.25) is 0 Å². The number of rotatable bonds is 8. The molecular weight excluding hydrogens is 320 g/mol. The van der Waals surface area contributed by atoms with Crippen LogP contribution in [0.3, 0.4) is 0 Å². The van der Waals surface area contributed by atoms with Gasteiger partial charge in [-0.15, -0.1) is 0 Å². The summed E-state index contributed by atoms with van der Waals surface area (Å²) in [6.07, 6.45) is 13.5. The van der Waals surface area contributed by atoms with Gasteiger partial charge in [-0.1, -0.05) is 70.2 Å². The van der Waals surface area contributed by atoms with Gasteiger partial charge >= 0.3 is 0 Å². The zero-order valence-corrected chi connectivity index (χ0v) is 16.9. The van der Waals surface area contributed by atoms with Crippen LogP contribution in [0.1, 0.15) is 101 Å². The smallest absolute Gasteiger partial charge is 0.183 e. The standard InChI is InChI=1S/C24H38O2/c1-3-5-6-8-19-9-11-21(12-10-19)22-13-15-23(16-14-22)24-25-17-20(7-4-2)18-26-24/h13-16,19-21,24H,3-12,17-18H2,1-2H3/t19?,20-,21?,24-. The predicted molar refractivity (Wildman–Crippen MR) is 108 cm³/mol. The first-order chi connectivity index (χ1) is 12.8. The van der Waals surface area contributed by atoms with Crippen LogP contribution in [0.4, 0.5) is 0 Å². The van der Waals surface area contributed by atoms with Gasteiger partial charge in [0.05, 0.1) is 13.2 Å². The van der Waals surface area contributed by atoms with Gasteiger partial charge in [-0.25, -0.2) is 0 Å². The first kappa shape index (κ1) is 19.9. The highest BCUT2D eigenvalue weighted by atomic mass is 16.7. The van der Waals surface area contributed by atoms with E-state index in [0.29, 0.717) is 5.92 Å². The number of ether oxygens (including phenoxy) is 2. The molecule has 1 aromatic carbocycles. The van der Waals surface area contributed by atoms with Crippen molar-refractivity contribution in [1.82, 2.24) is 0 Å². The average Bonchev–Trinajstić information content (AvgIpc) is 2.70. The van der Waals surface area contributed by atoms with Crippen LogP contribution in [0.5, 0.6) is 0 Å². The second-order valence-electron chi connectivity index (χ2n) is 8.53. The van der Waals surface area contributed by atoms with Gasteiger partial charge in [0, 0.05) is 11.5 Å². The molecule has 2 fully saturated rings.